The minimum absolute atomic E-state index is 0.0591. The number of nitrogens with two attached hydrogens (primary N) is 1. The molecule has 0 aliphatic carbocycles. The summed E-state index contributed by atoms with van der Waals surface area (Å²) in [6.45, 7) is 7.19. The summed E-state index contributed by atoms with van der Waals surface area (Å²) < 4.78 is 0. The molecule has 1 unspecified atom stereocenters. The molecule has 0 radical (unpaired) electrons. The Morgan fingerprint density at radius 1 is 1.12 bits per heavy atom. The highest BCUT2D eigenvalue weighted by molar-refractivity contribution is 8.00. The molecule has 1 aromatic heterocycles. The third kappa shape index (κ3) is 5.73. The van der Waals surface area contributed by atoms with Crippen LogP contribution in [0, 0.1) is 12.8 Å². The molecule has 0 saturated heterocycles. The van der Waals surface area contributed by atoms with Crippen LogP contribution >= 0.6 is 11.8 Å². The Hall–Kier alpha value is -2.61. The van der Waals surface area contributed by atoms with Gasteiger partial charge in [-0.15, -0.1) is 0 Å². The van der Waals surface area contributed by atoms with Crippen LogP contribution in [0.1, 0.15) is 26.5 Å². The van der Waals surface area contributed by atoms with Crippen LogP contribution in [0.25, 0.3) is 0 Å². The maximum Gasteiger partial charge on any atom is 0.238 e. The standard InChI is InChI=1S/C18H23N5O2S/c1-10(2)16(26-18-20-11(3)8-15(19)23-18)17(25)22-14-7-5-6-13(9-14)21-12(4)24/h5-10,16H,1-4H3,(H,21,24)(H,22,25)(H2,19,20,23). The summed E-state index contributed by atoms with van der Waals surface area (Å²) >= 11 is 1.28. The molecule has 7 nitrogen and oxygen atoms in total. The Morgan fingerprint density at radius 2 is 1.77 bits per heavy atom. The molecule has 8 heteroatoms. The lowest BCUT2D eigenvalue weighted by Gasteiger charge is -2.19. The lowest BCUT2D eigenvalue weighted by atomic mass is 10.1. The lowest BCUT2D eigenvalue weighted by Crippen LogP contribution is -2.30. The van der Waals surface area contributed by atoms with Gasteiger partial charge in [0.25, 0.3) is 0 Å². The number of carbonyl (C=O) groups excluding carboxylic acids is 2. The van der Waals surface area contributed by atoms with Crippen LogP contribution in [-0.2, 0) is 9.59 Å². The normalized spacial score (nSPS) is 11.9. The fraction of sp³-hybridized carbons (Fsp3) is 0.333. The van der Waals surface area contributed by atoms with Gasteiger partial charge in [-0.1, -0.05) is 31.7 Å². The Morgan fingerprint density at radius 3 is 2.35 bits per heavy atom. The van der Waals surface area contributed by atoms with Crippen LogP contribution in [0.3, 0.4) is 0 Å². The van der Waals surface area contributed by atoms with Crippen molar-refractivity contribution in [1.82, 2.24) is 9.97 Å². The molecule has 0 saturated carbocycles. The van der Waals surface area contributed by atoms with Gasteiger partial charge in [0.2, 0.25) is 11.8 Å². The van der Waals surface area contributed by atoms with Crippen molar-refractivity contribution in [1.29, 1.82) is 0 Å². The van der Waals surface area contributed by atoms with Gasteiger partial charge in [-0.2, -0.15) is 0 Å². The first kappa shape index (κ1) is 19.7. The van der Waals surface area contributed by atoms with E-state index < -0.39 is 0 Å². The van der Waals surface area contributed by atoms with Crippen molar-refractivity contribution in [2.45, 2.75) is 38.1 Å². The van der Waals surface area contributed by atoms with Crippen molar-refractivity contribution < 1.29 is 9.59 Å². The molecule has 1 aromatic carbocycles. The number of aromatic nitrogens is 2. The minimum Gasteiger partial charge on any atom is -0.384 e. The molecule has 4 N–H and O–H groups in total. The number of nitrogens with one attached hydrogen (secondary N) is 2. The topological polar surface area (TPSA) is 110 Å². The number of hydrogen-bond acceptors (Lipinski definition) is 6. The number of nitrogens with zero attached hydrogens (tertiary/aromatic N) is 2. The number of amides is 2. The summed E-state index contributed by atoms with van der Waals surface area (Å²) in [7, 11) is 0. The van der Waals surface area contributed by atoms with Gasteiger partial charge < -0.3 is 16.4 Å². The van der Waals surface area contributed by atoms with E-state index in [1.807, 2.05) is 20.8 Å². The number of hydrogen-bond donors (Lipinski definition) is 3. The van der Waals surface area contributed by atoms with E-state index in [4.69, 9.17) is 5.73 Å². The van der Waals surface area contributed by atoms with Crippen molar-refractivity contribution in [3.63, 3.8) is 0 Å². The van der Waals surface area contributed by atoms with Crippen LogP contribution in [0.4, 0.5) is 17.2 Å². The fourth-order valence-corrected chi connectivity index (χ4v) is 3.33. The maximum atomic E-state index is 12.8. The Kier molecular flexibility index (Phi) is 6.57. The van der Waals surface area contributed by atoms with Crippen LogP contribution in [0.15, 0.2) is 35.5 Å². The van der Waals surface area contributed by atoms with Crippen molar-refractivity contribution in [2.24, 2.45) is 5.92 Å². The summed E-state index contributed by atoms with van der Waals surface area (Å²) in [6.07, 6.45) is 0. The molecule has 0 bridgehead atoms. The molecule has 0 aliphatic rings. The number of nitrogen functional groups attached to an aromatic ring is 1. The Bertz CT molecular complexity index is 790. The molecule has 2 amide bonds. The largest absolute Gasteiger partial charge is 0.384 e. The molecule has 2 aromatic rings. The van der Waals surface area contributed by atoms with Crippen molar-refractivity contribution >= 4 is 40.8 Å². The van der Waals surface area contributed by atoms with Crippen LogP contribution in [0.2, 0.25) is 0 Å². The molecule has 2 rings (SSSR count). The van der Waals surface area contributed by atoms with E-state index in [0.29, 0.717) is 22.3 Å². The van der Waals surface area contributed by atoms with Gasteiger partial charge in [-0.25, -0.2) is 9.97 Å². The van der Waals surface area contributed by atoms with Crippen LogP contribution in [-0.4, -0.2) is 27.0 Å². The second-order valence-corrected chi connectivity index (χ2v) is 7.36. The number of anilines is 3. The van der Waals surface area contributed by atoms with Crippen LogP contribution in [0.5, 0.6) is 0 Å². The first-order valence-electron chi connectivity index (χ1n) is 8.21. The van der Waals surface area contributed by atoms with E-state index in [1.165, 1.54) is 18.7 Å². The molecule has 0 aliphatic heterocycles. The summed E-state index contributed by atoms with van der Waals surface area (Å²) in [5.41, 5.74) is 7.76. The van der Waals surface area contributed by atoms with E-state index in [-0.39, 0.29) is 23.0 Å². The van der Waals surface area contributed by atoms with Crippen molar-refractivity contribution in [3.8, 4) is 0 Å². The quantitative estimate of drug-likeness (QED) is 0.530. The number of benzene rings is 1. The molecule has 1 atom stereocenters. The number of aryl methyl sites for hydroxylation is 1. The summed E-state index contributed by atoms with van der Waals surface area (Å²) in [4.78, 5) is 32.5. The molecule has 1 heterocycles. The van der Waals surface area contributed by atoms with Gasteiger partial charge in [0, 0.05) is 30.1 Å². The number of carbonyl (C=O) groups is 2. The molecule has 26 heavy (non-hydrogen) atoms. The zero-order valence-electron chi connectivity index (χ0n) is 15.2. The molecule has 138 valence electrons. The van der Waals surface area contributed by atoms with Gasteiger partial charge in [0.1, 0.15) is 5.82 Å². The smallest absolute Gasteiger partial charge is 0.238 e. The van der Waals surface area contributed by atoms with E-state index in [1.54, 1.807) is 30.3 Å². The number of thioether (sulfide) groups is 1. The Labute approximate surface area is 157 Å². The summed E-state index contributed by atoms with van der Waals surface area (Å²) in [5.74, 6) is 0.113. The average molecular weight is 373 g/mol. The molecular formula is C18H23N5O2S. The fourth-order valence-electron chi connectivity index (χ4n) is 2.31. The van der Waals surface area contributed by atoms with Gasteiger partial charge in [0.15, 0.2) is 5.16 Å². The highest BCUT2D eigenvalue weighted by atomic mass is 32.2. The SMILES string of the molecule is CC(=O)Nc1cccc(NC(=O)C(Sc2nc(C)cc(N)n2)C(C)C)c1. The predicted molar refractivity (Wildman–Crippen MR) is 105 cm³/mol. The van der Waals surface area contributed by atoms with E-state index in [0.717, 1.165) is 5.69 Å². The van der Waals surface area contributed by atoms with Crippen LogP contribution < -0.4 is 16.4 Å². The van der Waals surface area contributed by atoms with Crippen molar-refractivity contribution in [3.05, 3.63) is 36.0 Å². The first-order valence-corrected chi connectivity index (χ1v) is 9.09. The maximum absolute atomic E-state index is 12.8. The second kappa shape index (κ2) is 8.66. The van der Waals surface area contributed by atoms with Gasteiger partial charge in [-0.3, -0.25) is 9.59 Å². The summed E-state index contributed by atoms with van der Waals surface area (Å²) in [6, 6.07) is 8.69. The van der Waals surface area contributed by atoms with Gasteiger partial charge in [0.05, 0.1) is 5.25 Å². The average Bonchev–Trinajstić information content (AvgIpc) is 2.51. The first-order chi connectivity index (χ1) is 12.2. The number of rotatable bonds is 6. The monoisotopic (exact) mass is 373 g/mol. The van der Waals surface area contributed by atoms with Gasteiger partial charge >= 0.3 is 0 Å². The second-order valence-electron chi connectivity index (χ2n) is 6.25. The predicted octanol–water partition coefficient (Wildman–Crippen LogP) is 3.08. The highest BCUT2D eigenvalue weighted by Gasteiger charge is 2.25. The molecular weight excluding hydrogens is 350 g/mol. The molecule has 0 fully saturated rings. The van der Waals surface area contributed by atoms with Crippen molar-refractivity contribution in [2.75, 3.05) is 16.4 Å². The van der Waals surface area contributed by atoms with E-state index in [9.17, 15) is 9.59 Å². The van der Waals surface area contributed by atoms with Gasteiger partial charge in [-0.05, 0) is 31.0 Å². The summed E-state index contributed by atoms with van der Waals surface area (Å²) in [5, 5.41) is 5.67. The third-order valence-corrected chi connectivity index (χ3v) is 4.81. The minimum atomic E-state index is -0.388. The Balaban J connectivity index is 2.14. The van der Waals surface area contributed by atoms with E-state index in [2.05, 4.69) is 20.6 Å². The van der Waals surface area contributed by atoms with E-state index >= 15 is 0 Å². The zero-order valence-corrected chi connectivity index (χ0v) is 16.1. The lowest BCUT2D eigenvalue weighted by molar-refractivity contribution is -0.116. The highest BCUT2D eigenvalue weighted by Crippen LogP contribution is 2.28. The molecule has 0 spiro atoms. The zero-order chi connectivity index (χ0) is 19.3. The third-order valence-electron chi connectivity index (χ3n) is 3.40.